The Kier molecular flexibility index (Phi) is 32.4. The molecule has 5 aliphatic heterocycles. The molecule has 0 bridgehead atoms. The molecule has 0 aliphatic carbocycles. The van der Waals surface area contributed by atoms with Crippen LogP contribution in [0.2, 0.25) is 10.0 Å². The van der Waals surface area contributed by atoms with E-state index in [4.69, 9.17) is 79.3 Å². The molecule has 595 valence electrons. The van der Waals surface area contributed by atoms with Gasteiger partial charge in [-0.25, -0.2) is 32.4 Å². The molecule has 2 aromatic carbocycles. The number of rotatable bonds is 5. The molecule has 12 heterocycles. The van der Waals surface area contributed by atoms with Gasteiger partial charge in [0.25, 0.3) is 11.9 Å². The van der Waals surface area contributed by atoms with Gasteiger partial charge >= 0.3 is 12.2 Å². The number of anilines is 1. The van der Waals surface area contributed by atoms with Crippen LogP contribution in [0.25, 0.3) is 17.1 Å². The minimum atomic E-state index is -0.833. The number of nitrogens with zero attached hydrogens (tertiary/aromatic N) is 22. The van der Waals surface area contributed by atoms with Crippen molar-refractivity contribution < 1.29 is 69.5 Å². The number of nitrogens with two attached hydrogens (primary N) is 1. The summed E-state index contributed by atoms with van der Waals surface area (Å²) in [4.78, 5) is 64.5. The second-order valence-corrected chi connectivity index (χ2v) is 29.4. The third-order valence-electron chi connectivity index (χ3n) is 16.1. The number of aromatic nitrogens is 14. The smallest absolute Gasteiger partial charge is 0.410 e. The van der Waals surface area contributed by atoms with Gasteiger partial charge in [-0.05, 0) is 134 Å². The van der Waals surface area contributed by atoms with E-state index in [2.05, 4.69) is 87.7 Å². The van der Waals surface area contributed by atoms with Gasteiger partial charge < -0.3 is 35.6 Å². The fraction of sp³-hybridized carbons (Fsp3) is 0.384. The number of halogens is 5. The Labute approximate surface area is 678 Å². The molecule has 5 N–H and O–H groups in total. The van der Waals surface area contributed by atoms with Gasteiger partial charge in [0.1, 0.15) is 64.2 Å². The van der Waals surface area contributed by atoms with Crippen LogP contribution in [-0.2, 0) is 99.7 Å². The fourth-order valence-corrected chi connectivity index (χ4v) is 11.9. The van der Waals surface area contributed by atoms with Gasteiger partial charge in [-0.2, -0.15) is 56.7 Å². The number of amides is 3. The summed E-state index contributed by atoms with van der Waals surface area (Å²) in [6.45, 7) is 26.9. The first-order valence-electron chi connectivity index (χ1n) is 34.2. The van der Waals surface area contributed by atoms with Gasteiger partial charge in [-0.3, -0.25) is 47.9 Å². The van der Waals surface area contributed by atoms with E-state index < -0.39 is 34.8 Å². The average molecular weight is 1740 g/mol. The third kappa shape index (κ3) is 25.6. The Bertz CT molecular complexity index is 5020. The van der Waals surface area contributed by atoms with Crippen LogP contribution in [0.1, 0.15) is 128 Å². The number of aliphatic imine (C=N–C) groups is 1. The minimum Gasteiger partial charge on any atom is -0.481 e. The number of nitrogen functional groups attached to an aromatic ring is 1. The molecule has 0 spiro atoms. The zero-order valence-corrected chi connectivity index (χ0v) is 67.7. The number of hydrogen-bond donors (Lipinski definition) is 4. The van der Waals surface area contributed by atoms with Gasteiger partial charge in [0.15, 0.2) is 0 Å². The second-order valence-electron chi connectivity index (χ2n) is 27.4. The number of benzene rings is 2. The van der Waals surface area contributed by atoms with Crippen molar-refractivity contribution in [2.24, 2.45) is 4.99 Å². The number of fused-ring (bicyclic) bond motifs is 4. The summed E-state index contributed by atoms with van der Waals surface area (Å²) in [7, 11) is 0. The van der Waals surface area contributed by atoms with Crippen molar-refractivity contribution in [3.63, 3.8) is 0 Å². The minimum absolute atomic E-state index is 0. The third-order valence-corrected chi connectivity index (χ3v) is 17.6. The first-order valence-corrected chi connectivity index (χ1v) is 36.1. The first-order chi connectivity index (χ1) is 52.4. The predicted octanol–water partition coefficient (Wildman–Crippen LogP) is 10.6. The summed E-state index contributed by atoms with van der Waals surface area (Å²) >= 11 is 13.4. The summed E-state index contributed by atoms with van der Waals surface area (Å²) < 4.78 is 50.3. The molecule has 0 saturated heterocycles. The molecule has 33 nitrogen and oxygen atoms in total. The van der Waals surface area contributed by atoms with Crippen molar-refractivity contribution in [1.29, 1.82) is 21.0 Å². The van der Waals surface area contributed by atoms with Crippen molar-refractivity contribution >= 4 is 87.7 Å². The van der Waals surface area contributed by atoms with Gasteiger partial charge in [0.05, 0.1) is 173 Å². The largest absolute Gasteiger partial charge is 0.481 e. The van der Waals surface area contributed by atoms with Gasteiger partial charge in [-0.1, -0.05) is 29.3 Å². The molecule has 0 saturated carbocycles. The van der Waals surface area contributed by atoms with Gasteiger partial charge in [0, 0.05) is 80.0 Å². The van der Waals surface area contributed by atoms with Crippen molar-refractivity contribution in [3.8, 4) is 41.3 Å². The molecular weight excluding hydrogens is 1660 g/mol. The van der Waals surface area contributed by atoms with E-state index >= 15 is 0 Å². The van der Waals surface area contributed by atoms with E-state index in [-0.39, 0.29) is 69.8 Å². The topological polar surface area (TPSA) is 424 Å². The Morgan fingerprint density at radius 1 is 0.580 bits per heavy atom. The summed E-state index contributed by atoms with van der Waals surface area (Å²) in [5, 5.41) is 83.2. The Hall–Kier alpha value is -11.3. The molecule has 4 unspecified atom stereocenters. The number of nitrogens with one attached hydrogen (secondary N) is 1. The molecule has 1 radical (unpaired) electrons. The maximum atomic E-state index is 13.4. The van der Waals surface area contributed by atoms with Crippen LogP contribution in [0.15, 0.2) is 115 Å². The van der Waals surface area contributed by atoms with E-state index in [1.807, 2.05) is 99.4 Å². The predicted molar refractivity (Wildman–Crippen MR) is 411 cm³/mol. The van der Waals surface area contributed by atoms with E-state index in [9.17, 15) is 23.2 Å². The zero-order valence-electron chi connectivity index (χ0n) is 63.1. The standard InChI is InChI=1S/C19H16ClFN6O.C16H20N6O2.C12H18IN3O2.C11H12N6.C6H5ClFN.C5H4N2.2C2H4O2.Cu/c1-12-9-26-18(17(8-24-26)27-10-14(6-22)7-23-27)11-25(12)19(28)5-13-2-3-16(21)15(20)4-13;1-11-8-21-14(10-20(11)15(23)24-16(2,3)4)13(7-19-21)22-9-12(5-17)6-18-22;1-8-6-16-10(9(13)5-14-16)7-15(8)11(17)18-12(2,3)4;1-8-6-16-10(4-13-8)11(5-15-16)17-7-9(2-12)3-14-17;7-5-3-4(9)1-2-6(5)8;6-3-5-1-2-7-4-5;2*1-2(3)4;/h2-4,7-8,10,12H,5,9,11H2,1H3;6-7,9,11H,8,10H2,1-4H3;5,8H,6-7H2,1-4H3;3,5,7-8,13H,4,6H2,1H3;1-3H,9H2;1,4H,2H2;2*1H3,(H,3,4);. The molecule has 112 heavy (non-hydrogen) atoms. The van der Waals surface area contributed by atoms with Crippen molar-refractivity contribution in [3.05, 3.63) is 180 Å². The van der Waals surface area contributed by atoms with Crippen LogP contribution in [0.4, 0.5) is 24.1 Å². The fourth-order valence-electron chi connectivity index (χ4n) is 10.9. The van der Waals surface area contributed by atoms with E-state index in [0.717, 1.165) is 76.9 Å². The molecule has 5 aliphatic rings. The zero-order chi connectivity index (χ0) is 81.8. The maximum Gasteiger partial charge on any atom is 0.410 e. The number of carbonyl (C=O) groups excluding carboxylic acids is 3. The van der Waals surface area contributed by atoms with Crippen LogP contribution in [0, 0.1) is 60.5 Å². The number of nitriles is 4. The molecular formula is C73H83Cl2CuF2IN24O9. The first kappa shape index (κ1) is 89.6. The van der Waals surface area contributed by atoms with Crippen LogP contribution in [-0.4, -0.2) is 172 Å². The number of allylic oxidation sites excluding steroid dienone is 1. The molecule has 0 fully saturated rings. The number of hydrogen-bond acceptors (Lipinski definition) is 21. The average Bonchev–Trinajstić information content (AvgIpc) is 1.64. The molecule has 3 amide bonds. The van der Waals surface area contributed by atoms with E-state index in [1.165, 1.54) is 42.7 Å². The van der Waals surface area contributed by atoms with Crippen LogP contribution >= 0.6 is 45.8 Å². The number of carboxylic acids is 2. The quantitative estimate of drug-likeness (QED) is 0.0706. The summed E-state index contributed by atoms with van der Waals surface area (Å²) in [6.07, 6.45) is 19.5. The number of ether oxygens (including phenoxy) is 2. The van der Waals surface area contributed by atoms with E-state index in [0.29, 0.717) is 78.8 Å². The second kappa shape index (κ2) is 40.6. The van der Waals surface area contributed by atoms with E-state index in [1.54, 1.807) is 90.5 Å². The van der Waals surface area contributed by atoms with Crippen LogP contribution < -0.4 is 11.1 Å². The summed E-state index contributed by atoms with van der Waals surface area (Å²) in [5.41, 5.74) is 13.9. The maximum absolute atomic E-state index is 13.4. The van der Waals surface area contributed by atoms with Crippen molar-refractivity contribution in [2.75, 3.05) is 12.3 Å². The summed E-state index contributed by atoms with van der Waals surface area (Å²) in [6, 6.07) is 17.0. The molecule has 9 aromatic rings. The normalized spacial score (nSPS) is 15.9. The van der Waals surface area contributed by atoms with Crippen LogP contribution in [0.3, 0.4) is 0 Å². The Morgan fingerprint density at radius 3 is 1.36 bits per heavy atom. The molecule has 39 heteroatoms. The van der Waals surface area contributed by atoms with Gasteiger partial charge in [0.2, 0.25) is 5.91 Å². The van der Waals surface area contributed by atoms with Crippen LogP contribution in [0.5, 0.6) is 0 Å². The van der Waals surface area contributed by atoms with Crippen molar-refractivity contribution in [2.45, 2.75) is 177 Å². The Morgan fingerprint density at radius 2 is 0.973 bits per heavy atom. The summed E-state index contributed by atoms with van der Waals surface area (Å²) in [5.74, 6) is -2.69. The monoisotopic (exact) mass is 1740 g/mol. The number of aliphatic carboxylic acids is 2. The number of carboxylic acid groups (broad SMARTS) is 2. The Balaban J connectivity index is 0.000000213. The number of carbonyl (C=O) groups is 5. The van der Waals surface area contributed by atoms with Crippen molar-refractivity contribution in [1.82, 2.24) is 88.5 Å². The molecule has 4 atom stereocenters. The van der Waals surface area contributed by atoms with Gasteiger partial charge in [-0.15, -0.1) is 0 Å². The molecule has 7 aromatic heterocycles. The SMILES string of the molecule is CC(=O)O.CC(=O)O.CC1Cn2ncc(-n3cc(C#N)cn3)c2CN1.CC1Cn2ncc(-n3cc(C#N)cn3)c2CN1C(=O)Cc1ccc(F)c(Cl)c1.CC1Cn2ncc(-n3cc(C#N)cn3)c2CN1C(=O)OC(C)(C)C.CC1Cn2ncc(I)c2CN1C(=O)OC(C)(C)C.N#CC1=CCN=C1.Nc1ccc(F)c(Cl)c1.[Cu]. The molecule has 14 rings (SSSR count).